The van der Waals surface area contributed by atoms with Crippen molar-refractivity contribution in [3.05, 3.63) is 23.8 Å². The van der Waals surface area contributed by atoms with Crippen molar-refractivity contribution in [3.63, 3.8) is 0 Å². The number of amides is 2. The minimum absolute atomic E-state index is 0.0283. The van der Waals surface area contributed by atoms with Crippen LogP contribution in [0.3, 0.4) is 0 Å². The van der Waals surface area contributed by atoms with Gasteiger partial charge in [0.05, 0.1) is 13.7 Å². The van der Waals surface area contributed by atoms with Gasteiger partial charge in [0.1, 0.15) is 0 Å². The van der Waals surface area contributed by atoms with E-state index >= 15 is 0 Å². The Morgan fingerprint density at radius 1 is 1.04 bits per heavy atom. The van der Waals surface area contributed by atoms with Crippen LogP contribution < -0.4 is 9.47 Å². The molecule has 1 heterocycles. The van der Waals surface area contributed by atoms with E-state index in [0.29, 0.717) is 56.3 Å². The van der Waals surface area contributed by atoms with E-state index in [9.17, 15) is 9.59 Å². The van der Waals surface area contributed by atoms with Crippen LogP contribution in [0.2, 0.25) is 0 Å². The molecule has 0 spiro atoms. The van der Waals surface area contributed by atoms with E-state index in [2.05, 4.69) is 0 Å². The highest BCUT2D eigenvalue weighted by atomic mass is 16.5. The van der Waals surface area contributed by atoms with Crippen molar-refractivity contribution in [1.82, 2.24) is 9.80 Å². The molecule has 0 aromatic heterocycles. The second-order valence-electron chi connectivity index (χ2n) is 7.66. The third-order valence-corrected chi connectivity index (χ3v) is 5.87. The van der Waals surface area contributed by atoms with Gasteiger partial charge in [-0.25, -0.2) is 0 Å². The number of benzene rings is 1. The zero-order valence-electron chi connectivity index (χ0n) is 17.1. The Labute approximate surface area is 167 Å². The first-order chi connectivity index (χ1) is 13.6. The molecule has 1 aromatic carbocycles. The molecule has 1 saturated carbocycles. The number of methoxy groups -OCH3 is 1. The molecule has 1 saturated heterocycles. The van der Waals surface area contributed by atoms with Gasteiger partial charge in [0, 0.05) is 38.2 Å². The van der Waals surface area contributed by atoms with E-state index in [4.69, 9.17) is 9.47 Å². The van der Waals surface area contributed by atoms with Crippen LogP contribution in [0.1, 0.15) is 55.8 Å². The van der Waals surface area contributed by atoms with Gasteiger partial charge in [-0.05, 0) is 37.5 Å². The second-order valence-corrected chi connectivity index (χ2v) is 7.66. The fourth-order valence-corrected chi connectivity index (χ4v) is 4.20. The van der Waals surface area contributed by atoms with Gasteiger partial charge in [-0.1, -0.05) is 25.7 Å². The number of nitrogens with zero attached hydrogens (tertiary/aromatic N) is 2. The van der Waals surface area contributed by atoms with Crippen molar-refractivity contribution >= 4 is 11.8 Å². The van der Waals surface area contributed by atoms with Gasteiger partial charge in [-0.15, -0.1) is 0 Å². The average molecular weight is 389 g/mol. The summed E-state index contributed by atoms with van der Waals surface area (Å²) < 4.78 is 10.9. The van der Waals surface area contributed by atoms with Gasteiger partial charge < -0.3 is 19.3 Å². The number of piperazine rings is 1. The highest BCUT2D eigenvalue weighted by Gasteiger charge is 2.26. The maximum absolute atomic E-state index is 12.8. The van der Waals surface area contributed by atoms with E-state index in [1.54, 1.807) is 25.3 Å². The summed E-state index contributed by atoms with van der Waals surface area (Å²) in [4.78, 5) is 29.0. The Balaban J connectivity index is 1.51. The van der Waals surface area contributed by atoms with Crippen molar-refractivity contribution in [3.8, 4) is 11.5 Å². The van der Waals surface area contributed by atoms with Gasteiger partial charge in [-0.3, -0.25) is 9.59 Å². The minimum atomic E-state index is -0.0283. The SMILES string of the molecule is CCOc1ccc(C(=O)N2CCN(C(=O)CCC3CCCC3)CC2)cc1OC. The fraction of sp³-hybridized carbons (Fsp3) is 0.636. The van der Waals surface area contributed by atoms with Gasteiger partial charge in [0.2, 0.25) is 5.91 Å². The predicted octanol–water partition coefficient (Wildman–Crippen LogP) is 3.35. The Morgan fingerprint density at radius 2 is 1.71 bits per heavy atom. The standard InChI is InChI=1S/C22H32N2O4/c1-3-28-19-10-9-18(16-20(19)27-2)22(26)24-14-12-23(13-15-24)21(25)11-8-17-6-4-5-7-17/h9-10,16-17H,3-8,11-15H2,1-2H3. The summed E-state index contributed by atoms with van der Waals surface area (Å²) in [6.45, 7) is 4.83. The van der Waals surface area contributed by atoms with Crippen LogP contribution in [0, 0.1) is 5.92 Å². The molecule has 1 aliphatic carbocycles. The summed E-state index contributed by atoms with van der Waals surface area (Å²) in [5, 5.41) is 0. The van der Waals surface area contributed by atoms with E-state index in [1.807, 2.05) is 16.7 Å². The molecule has 0 radical (unpaired) electrons. The van der Waals surface area contributed by atoms with Crippen molar-refractivity contribution in [2.45, 2.75) is 45.4 Å². The molecule has 0 bridgehead atoms. The monoisotopic (exact) mass is 388 g/mol. The molecule has 1 aliphatic heterocycles. The van der Waals surface area contributed by atoms with Crippen LogP contribution in [-0.4, -0.2) is 61.5 Å². The van der Waals surface area contributed by atoms with E-state index in [1.165, 1.54) is 25.7 Å². The summed E-state index contributed by atoms with van der Waals surface area (Å²) in [5.41, 5.74) is 0.585. The lowest BCUT2D eigenvalue weighted by Crippen LogP contribution is -2.50. The first kappa shape index (κ1) is 20.5. The highest BCUT2D eigenvalue weighted by molar-refractivity contribution is 5.95. The first-order valence-corrected chi connectivity index (χ1v) is 10.5. The molecule has 6 heteroatoms. The minimum Gasteiger partial charge on any atom is -0.493 e. The molecular formula is C22H32N2O4. The lowest BCUT2D eigenvalue weighted by atomic mass is 10.0. The van der Waals surface area contributed by atoms with Crippen LogP contribution in [0.25, 0.3) is 0 Å². The normalized spacial score (nSPS) is 17.6. The molecule has 1 aromatic rings. The number of ether oxygens (including phenoxy) is 2. The summed E-state index contributed by atoms with van der Waals surface area (Å²) in [5.74, 6) is 2.15. The summed E-state index contributed by atoms with van der Waals surface area (Å²) in [6.07, 6.45) is 6.85. The number of hydrogen-bond donors (Lipinski definition) is 0. The van der Waals surface area contributed by atoms with E-state index < -0.39 is 0 Å². The molecule has 0 unspecified atom stereocenters. The van der Waals surface area contributed by atoms with Gasteiger partial charge in [0.25, 0.3) is 5.91 Å². The van der Waals surface area contributed by atoms with Crippen LogP contribution in [-0.2, 0) is 4.79 Å². The molecule has 0 N–H and O–H groups in total. The van der Waals surface area contributed by atoms with Gasteiger partial charge in [-0.2, -0.15) is 0 Å². The Bertz CT molecular complexity index is 677. The van der Waals surface area contributed by atoms with Crippen LogP contribution in [0.4, 0.5) is 0 Å². The average Bonchev–Trinajstić information content (AvgIpc) is 3.26. The molecule has 2 aliphatic rings. The summed E-state index contributed by atoms with van der Waals surface area (Å²) >= 11 is 0. The van der Waals surface area contributed by atoms with Crippen molar-refractivity contribution in [2.24, 2.45) is 5.92 Å². The predicted molar refractivity (Wildman–Crippen MR) is 108 cm³/mol. The summed E-state index contributed by atoms with van der Waals surface area (Å²) in [7, 11) is 1.57. The number of hydrogen-bond acceptors (Lipinski definition) is 4. The van der Waals surface area contributed by atoms with E-state index in [-0.39, 0.29) is 11.8 Å². The summed E-state index contributed by atoms with van der Waals surface area (Å²) in [6, 6.07) is 5.28. The maximum Gasteiger partial charge on any atom is 0.254 e. The third-order valence-electron chi connectivity index (χ3n) is 5.87. The second kappa shape index (κ2) is 9.80. The number of carbonyl (C=O) groups excluding carboxylic acids is 2. The molecular weight excluding hydrogens is 356 g/mol. The van der Waals surface area contributed by atoms with Crippen molar-refractivity contribution in [1.29, 1.82) is 0 Å². The molecule has 154 valence electrons. The lowest BCUT2D eigenvalue weighted by molar-refractivity contribution is -0.133. The largest absolute Gasteiger partial charge is 0.493 e. The Hall–Kier alpha value is -2.24. The number of rotatable bonds is 7. The zero-order valence-corrected chi connectivity index (χ0v) is 17.1. The van der Waals surface area contributed by atoms with Gasteiger partial charge >= 0.3 is 0 Å². The molecule has 2 fully saturated rings. The smallest absolute Gasteiger partial charge is 0.254 e. The zero-order chi connectivity index (χ0) is 19.9. The topological polar surface area (TPSA) is 59.1 Å². The Kier molecular flexibility index (Phi) is 7.18. The van der Waals surface area contributed by atoms with Gasteiger partial charge in [0.15, 0.2) is 11.5 Å². The molecule has 28 heavy (non-hydrogen) atoms. The first-order valence-electron chi connectivity index (χ1n) is 10.5. The highest BCUT2D eigenvalue weighted by Crippen LogP contribution is 2.30. The lowest BCUT2D eigenvalue weighted by Gasteiger charge is -2.35. The molecule has 0 atom stereocenters. The van der Waals surface area contributed by atoms with Crippen molar-refractivity contribution < 1.29 is 19.1 Å². The number of carbonyl (C=O) groups is 2. The quantitative estimate of drug-likeness (QED) is 0.719. The fourth-order valence-electron chi connectivity index (χ4n) is 4.20. The van der Waals surface area contributed by atoms with Crippen LogP contribution in [0.15, 0.2) is 18.2 Å². The molecule has 6 nitrogen and oxygen atoms in total. The van der Waals surface area contributed by atoms with Crippen LogP contribution >= 0.6 is 0 Å². The third kappa shape index (κ3) is 4.97. The Morgan fingerprint density at radius 3 is 2.36 bits per heavy atom. The van der Waals surface area contributed by atoms with E-state index in [0.717, 1.165) is 12.3 Å². The maximum atomic E-state index is 12.8. The molecule has 2 amide bonds. The molecule has 3 rings (SSSR count). The van der Waals surface area contributed by atoms with Crippen LogP contribution in [0.5, 0.6) is 11.5 Å². The van der Waals surface area contributed by atoms with Crippen molar-refractivity contribution in [2.75, 3.05) is 39.9 Å².